The molecule has 5 atom stereocenters. The van der Waals surface area contributed by atoms with Crippen molar-refractivity contribution < 1.29 is 24.1 Å². The van der Waals surface area contributed by atoms with Crippen molar-refractivity contribution in [3.05, 3.63) is 12.2 Å². The van der Waals surface area contributed by atoms with Gasteiger partial charge in [-0.2, -0.15) is 0 Å². The Bertz CT molecular complexity index is 552. The number of carbonyl (C=O) groups excluding carboxylic acids is 2. The van der Waals surface area contributed by atoms with Gasteiger partial charge in [0.1, 0.15) is 5.60 Å². The molecule has 3 saturated carbocycles. The van der Waals surface area contributed by atoms with Crippen LogP contribution in [-0.2, 0) is 24.1 Å². The minimum absolute atomic E-state index is 0.259. The van der Waals surface area contributed by atoms with Crippen molar-refractivity contribution in [3.8, 4) is 0 Å². The lowest BCUT2D eigenvalue weighted by atomic mass is 9.44. The standard InChI is InChI=1S/C18H27NO5/c1-11(19-14(20)6-7-15(19)21)16(22-5)23-24-18(4)9-8-12-10-13(18)17(12,2)3/h6-7,11-13,16H,8-10H2,1-5H3. The number of carbonyl (C=O) groups is 2. The maximum Gasteiger partial charge on any atom is 0.254 e. The van der Waals surface area contributed by atoms with E-state index >= 15 is 0 Å². The number of methoxy groups -OCH3 is 1. The van der Waals surface area contributed by atoms with Crippen LogP contribution in [0.3, 0.4) is 0 Å². The molecule has 5 unspecified atom stereocenters. The highest BCUT2D eigenvalue weighted by molar-refractivity contribution is 6.13. The minimum atomic E-state index is -0.824. The fraction of sp³-hybridized carbons (Fsp3) is 0.778. The Balaban J connectivity index is 1.64. The highest BCUT2D eigenvalue weighted by Crippen LogP contribution is 2.63. The van der Waals surface area contributed by atoms with Gasteiger partial charge >= 0.3 is 0 Å². The summed E-state index contributed by atoms with van der Waals surface area (Å²) in [7, 11) is 1.48. The lowest BCUT2D eigenvalue weighted by Crippen LogP contribution is -2.61. The van der Waals surface area contributed by atoms with Crippen LogP contribution in [0.5, 0.6) is 0 Å². The van der Waals surface area contributed by atoms with Crippen molar-refractivity contribution in [3.63, 3.8) is 0 Å². The van der Waals surface area contributed by atoms with Crippen LogP contribution in [0.4, 0.5) is 0 Å². The normalized spacial score (nSPS) is 36.6. The second kappa shape index (κ2) is 5.93. The van der Waals surface area contributed by atoms with Crippen LogP contribution in [0.15, 0.2) is 12.2 Å². The average Bonchev–Trinajstić information content (AvgIpc) is 2.86. The third-order valence-electron chi connectivity index (χ3n) is 6.41. The van der Waals surface area contributed by atoms with Crippen molar-refractivity contribution in [2.75, 3.05) is 7.11 Å². The highest BCUT2D eigenvalue weighted by Gasteiger charge is 2.61. The molecule has 3 aliphatic carbocycles. The van der Waals surface area contributed by atoms with Crippen LogP contribution >= 0.6 is 0 Å². The van der Waals surface area contributed by atoms with E-state index in [4.69, 9.17) is 14.5 Å². The summed E-state index contributed by atoms with van der Waals surface area (Å²) in [5.74, 6) is 0.491. The quantitative estimate of drug-likeness (QED) is 0.322. The van der Waals surface area contributed by atoms with Crippen LogP contribution in [0, 0.1) is 17.3 Å². The number of hydrogen-bond acceptors (Lipinski definition) is 5. The smallest absolute Gasteiger partial charge is 0.254 e. The summed E-state index contributed by atoms with van der Waals surface area (Å²) in [6, 6.07) is -0.570. The Hall–Kier alpha value is -1.24. The first-order valence-corrected chi connectivity index (χ1v) is 8.63. The molecule has 1 heterocycles. The van der Waals surface area contributed by atoms with Crippen molar-refractivity contribution >= 4 is 11.8 Å². The third kappa shape index (κ3) is 2.61. The number of rotatable bonds is 6. The Labute approximate surface area is 143 Å². The second-order valence-corrected chi connectivity index (χ2v) is 8.06. The molecule has 3 fully saturated rings. The van der Waals surface area contributed by atoms with Gasteiger partial charge in [-0.15, -0.1) is 0 Å². The summed E-state index contributed by atoms with van der Waals surface area (Å²) in [4.78, 5) is 36.2. The Morgan fingerprint density at radius 3 is 2.33 bits per heavy atom. The van der Waals surface area contributed by atoms with Gasteiger partial charge in [-0.25, -0.2) is 9.78 Å². The van der Waals surface area contributed by atoms with E-state index in [0.29, 0.717) is 5.92 Å². The van der Waals surface area contributed by atoms with Gasteiger partial charge < -0.3 is 4.74 Å². The molecular weight excluding hydrogens is 310 g/mol. The second-order valence-electron chi connectivity index (χ2n) is 8.06. The largest absolute Gasteiger partial charge is 0.351 e. The van der Waals surface area contributed by atoms with Gasteiger partial charge in [-0.3, -0.25) is 14.5 Å². The van der Waals surface area contributed by atoms with Gasteiger partial charge in [-0.05, 0) is 50.4 Å². The van der Waals surface area contributed by atoms with Gasteiger partial charge in [0.2, 0.25) is 6.29 Å². The highest BCUT2D eigenvalue weighted by atomic mass is 17.2. The van der Waals surface area contributed by atoms with E-state index in [1.807, 2.05) is 0 Å². The van der Waals surface area contributed by atoms with Gasteiger partial charge in [0.15, 0.2) is 0 Å². The molecule has 24 heavy (non-hydrogen) atoms. The number of nitrogens with zero attached hydrogens (tertiary/aromatic N) is 1. The Kier molecular flexibility index (Phi) is 4.35. The summed E-state index contributed by atoms with van der Waals surface area (Å²) < 4.78 is 5.34. The van der Waals surface area contributed by atoms with E-state index in [9.17, 15) is 9.59 Å². The van der Waals surface area contributed by atoms with Crippen LogP contribution in [0.2, 0.25) is 0 Å². The average molecular weight is 337 g/mol. The van der Waals surface area contributed by atoms with E-state index in [1.54, 1.807) is 6.92 Å². The molecule has 0 radical (unpaired) electrons. The zero-order valence-electron chi connectivity index (χ0n) is 15.1. The predicted molar refractivity (Wildman–Crippen MR) is 86.4 cm³/mol. The molecule has 2 amide bonds. The maximum atomic E-state index is 11.8. The zero-order valence-corrected chi connectivity index (χ0v) is 15.1. The molecule has 0 spiro atoms. The molecule has 1 aliphatic heterocycles. The molecule has 6 nitrogen and oxygen atoms in total. The summed E-state index contributed by atoms with van der Waals surface area (Å²) in [6.07, 6.45) is 4.92. The van der Waals surface area contributed by atoms with Crippen molar-refractivity contribution in [2.45, 2.75) is 64.9 Å². The van der Waals surface area contributed by atoms with Crippen LogP contribution in [0.25, 0.3) is 0 Å². The molecule has 2 bridgehead atoms. The number of imide groups is 1. The molecule has 0 aromatic heterocycles. The Morgan fingerprint density at radius 1 is 1.21 bits per heavy atom. The molecule has 4 rings (SSSR count). The Morgan fingerprint density at radius 2 is 1.83 bits per heavy atom. The SMILES string of the molecule is COC(OOC1(C)CCC2CC1C2(C)C)C(C)N1C(=O)C=CC1=O. The number of hydrogen-bond donors (Lipinski definition) is 0. The monoisotopic (exact) mass is 337 g/mol. The van der Waals surface area contributed by atoms with E-state index in [2.05, 4.69) is 20.8 Å². The van der Waals surface area contributed by atoms with Crippen LogP contribution in [-0.4, -0.2) is 41.8 Å². The number of amides is 2. The van der Waals surface area contributed by atoms with E-state index in [1.165, 1.54) is 19.3 Å². The van der Waals surface area contributed by atoms with Gasteiger partial charge in [0.25, 0.3) is 11.8 Å². The molecule has 134 valence electrons. The molecule has 0 aromatic carbocycles. The van der Waals surface area contributed by atoms with Gasteiger partial charge in [0, 0.05) is 19.3 Å². The molecule has 0 saturated heterocycles. The minimum Gasteiger partial charge on any atom is -0.351 e. The van der Waals surface area contributed by atoms with Crippen molar-refractivity contribution in [1.29, 1.82) is 0 Å². The molecule has 6 heteroatoms. The van der Waals surface area contributed by atoms with E-state index in [-0.39, 0.29) is 22.8 Å². The lowest BCUT2D eigenvalue weighted by Gasteiger charge is -2.63. The van der Waals surface area contributed by atoms with Crippen LogP contribution < -0.4 is 0 Å². The summed E-state index contributed by atoms with van der Waals surface area (Å²) in [5.41, 5.74) is -0.110. The first-order chi connectivity index (χ1) is 11.2. The predicted octanol–water partition coefficient (Wildman–Crippen LogP) is 2.44. The number of fused-ring (bicyclic) bond motifs is 2. The van der Waals surface area contributed by atoms with Crippen LogP contribution in [0.1, 0.15) is 47.0 Å². The van der Waals surface area contributed by atoms with Gasteiger partial charge in [-0.1, -0.05) is 13.8 Å². The summed E-state index contributed by atoms with van der Waals surface area (Å²) in [6.45, 7) is 8.37. The molecule has 4 aliphatic rings. The summed E-state index contributed by atoms with van der Waals surface area (Å²) >= 11 is 0. The first kappa shape index (κ1) is 17.6. The molecule has 0 N–H and O–H groups in total. The molecule has 0 aromatic rings. The van der Waals surface area contributed by atoms with E-state index < -0.39 is 12.3 Å². The van der Waals surface area contributed by atoms with Crippen molar-refractivity contribution in [2.24, 2.45) is 17.3 Å². The zero-order chi connectivity index (χ0) is 17.7. The molecular formula is C18H27NO5. The van der Waals surface area contributed by atoms with Crippen molar-refractivity contribution in [1.82, 2.24) is 4.90 Å². The number of ether oxygens (including phenoxy) is 1. The maximum absolute atomic E-state index is 11.8. The lowest BCUT2D eigenvalue weighted by molar-refractivity contribution is -0.451. The third-order valence-corrected chi connectivity index (χ3v) is 6.41. The topological polar surface area (TPSA) is 65.1 Å². The fourth-order valence-corrected chi connectivity index (χ4v) is 4.69. The van der Waals surface area contributed by atoms with Gasteiger partial charge in [0.05, 0.1) is 6.04 Å². The fourth-order valence-electron chi connectivity index (χ4n) is 4.69. The van der Waals surface area contributed by atoms with E-state index in [0.717, 1.165) is 30.1 Å². The first-order valence-electron chi connectivity index (χ1n) is 8.63. The summed E-state index contributed by atoms with van der Waals surface area (Å²) in [5, 5.41) is 0.